The maximum absolute atomic E-state index is 12.0. The van der Waals surface area contributed by atoms with Gasteiger partial charge in [0.2, 0.25) is 5.91 Å². The third-order valence-electron chi connectivity index (χ3n) is 4.09. The molecule has 0 spiro atoms. The number of rotatable bonds is 7. The number of carbonyl (C=O) groups is 3. The molecular formula is C19H24N2O5. The number of ether oxygens (including phenoxy) is 1. The van der Waals surface area contributed by atoms with Gasteiger partial charge in [0.1, 0.15) is 11.6 Å². The van der Waals surface area contributed by atoms with Crippen LogP contribution < -0.4 is 10.6 Å². The second-order valence-corrected chi connectivity index (χ2v) is 6.21. The number of hydrogen-bond donors (Lipinski definition) is 2. The summed E-state index contributed by atoms with van der Waals surface area (Å²) in [7, 11) is 0. The highest BCUT2D eigenvalue weighted by Crippen LogP contribution is 2.25. The molecule has 1 aromatic heterocycles. The van der Waals surface area contributed by atoms with Crippen LogP contribution in [0.2, 0.25) is 0 Å². The molecule has 1 atom stereocenters. The van der Waals surface area contributed by atoms with E-state index >= 15 is 0 Å². The van der Waals surface area contributed by atoms with Crippen molar-refractivity contribution in [1.29, 1.82) is 0 Å². The first kappa shape index (κ1) is 19.5. The molecule has 0 unspecified atom stereocenters. The molecule has 140 valence electrons. The van der Waals surface area contributed by atoms with Crippen molar-refractivity contribution in [2.24, 2.45) is 0 Å². The number of nitrogens with one attached hydrogen (secondary N) is 2. The zero-order chi connectivity index (χ0) is 19.3. The van der Waals surface area contributed by atoms with Crippen molar-refractivity contribution in [3.63, 3.8) is 0 Å². The van der Waals surface area contributed by atoms with E-state index < -0.39 is 24.5 Å². The van der Waals surface area contributed by atoms with Crippen LogP contribution in [0.1, 0.15) is 30.5 Å². The molecule has 0 saturated heterocycles. The van der Waals surface area contributed by atoms with Crippen molar-refractivity contribution in [3.05, 3.63) is 35.1 Å². The van der Waals surface area contributed by atoms with E-state index in [1.165, 1.54) is 6.26 Å². The van der Waals surface area contributed by atoms with Gasteiger partial charge in [0, 0.05) is 17.5 Å². The number of fused-ring (bicyclic) bond motifs is 1. The minimum absolute atomic E-state index is 0.00859. The van der Waals surface area contributed by atoms with Crippen molar-refractivity contribution >= 4 is 28.8 Å². The summed E-state index contributed by atoms with van der Waals surface area (Å²) in [6, 6.07) is 3.21. The number of aryl methyl sites for hydroxylation is 2. The maximum atomic E-state index is 12.0. The molecule has 0 aliphatic rings. The SMILES string of the molecule is CCNC(=O)[C@H](C)NC(=O)COC(=O)Cc1coc2cc(C)c(C)cc12. The summed E-state index contributed by atoms with van der Waals surface area (Å²) in [5.74, 6) is -1.35. The third kappa shape index (κ3) is 4.84. The monoisotopic (exact) mass is 360 g/mol. The molecule has 0 fully saturated rings. The molecule has 0 aliphatic carbocycles. The van der Waals surface area contributed by atoms with Gasteiger partial charge in [0.15, 0.2) is 6.61 Å². The first-order chi connectivity index (χ1) is 12.3. The number of benzene rings is 1. The smallest absolute Gasteiger partial charge is 0.310 e. The molecule has 7 heteroatoms. The zero-order valence-electron chi connectivity index (χ0n) is 15.5. The van der Waals surface area contributed by atoms with Crippen molar-refractivity contribution < 1.29 is 23.5 Å². The summed E-state index contributed by atoms with van der Waals surface area (Å²) in [4.78, 5) is 35.3. The van der Waals surface area contributed by atoms with Crippen LogP contribution in [0.4, 0.5) is 0 Å². The van der Waals surface area contributed by atoms with E-state index in [1.54, 1.807) is 13.8 Å². The van der Waals surface area contributed by atoms with Crippen LogP contribution in [0.5, 0.6) is 0 Å². The number of likely N-dealkylation sites (N-methyl/N-ethyl adjacent to an activating group) is 1. The highest BCUT2D eigenvalue weighted by Gasteiger charge is 2.17. The lowest BCUT2D eigenvalue weighted by atomic mass is 10.0. The van der Waals surface area contributed by atoms with Gasteiger partial charge in [-0.2, -0.15) is 0 Å². The van der Waals surface area contributed by atoms with Gasteiger partial charge in [0.25, 0.3) is 5.91 Å². The van der Waals surface area contributed by atoms with Crippen LogP contribution in [0, 0.1) is 13.8 Å². The Kier molecular flexibility index (Phi) is 6.38. The van der Waals surface area contributed by atoms with E-state index in [2.05, 4.69) is 10.6 Å². The Morgan fingerprint density at radius 1 is 1.19 bits per heavy atom. The van der Waals surface area contributed by atoms with Crippen molar-refractivity contribution in [2.45, 2.75) is 40.2 Å². The van der Waals surface area contributed by atoms with E-state index in [1.807, 2.05) is 26.0 Å². The molecule has 2 amide bonds. The molecule has 7 nitrogen and oxygen atoms in total. The van der Waals surface area contributed by atoms with Gasteiger partial charge in [0.05, 0.1) is 12.7 Å². The minimum atomic E-state index is -0.690. The molecule has 1 aromatic carbocycles. The Bertz CT molecular complexity index is 825. The molecular weight excluding hydrogens is 336 g/mol. The minimum Gasteiger partial charge on any atom is -0.464 e. The molecule has 0 aliphatic heterocycles. The van der Waals surface area contributed by atoms with Gasteiger partial charge in [-0.1, -0.05) is 0 Å². The number of carbonyl (C=O) groups excluding carboxylic acids is 3. The first-order valence-corrected chi connectivity index (χ1v) is 8.51. The average molecular weight is 360 g/mol. The van der Waals surface area contributed by atoms with Crippen LogP contribution in [-0.4, -0.2) is 37.0 Å². The Labute approximate surface area is 152 Å². The normalized spacial score (nSPS) is 11.8. The Balaban J connectivity index is 1.88. The van der Waals surface area contributed by atoms with Crippen LogP contribution in [0.3, 0.4) is 0 Å². The molecule has 26 heavy (non-hydrogen) atoms. The molecule has 2 N–H and O–H groups in total. The predicted molar refractivity (Wildman–Crippen MR) is 96.6 cm³/mol. The average Bonchev–Trinajstić information content (AvgIpc) is 2.95. The largest absolute Gasteiger partial charge is 0.464 e. The fourth-order valence-electron chi connectivity index (χ4n) is 2.50. The van der Waals surface area contributed by atoms with Gasteiger partial charge in [-0.15, -0.1) is 0 Å². The maximum Gasteiger partial charge on any atom is 0.310 e. The Morgan fingerprint density at radius 3 is 2.58 bits per heavy atom. The number of hydrogen-bond acceptors (Lipinski definition) is 5. The van der Waals surface area contributed by atoms with Crippen molar-refractivity contribution in [2.75, 3.05) is 13.2 Å². The topological polar surface area (TPSA) is 97.6 Å². The summed E-state index contributed by atoms with van der Waals surface area (Å²) < 4.78 is 10.5. The van der Waals surface area contributed by atoms with Gasteiger partial charge in [-0.25, -0.2) is 0 Å². The molecule has 0 saturated carbocycles. The van der Waals surface area contributed by atoms with E-state index in [9.17, 15) is 14.4 Å². The molecule has 0 bridgehead atoms. The Morgan fingerprint density at radius 2 is 1.88 bits per heavy atom. The van der Waals surface area contributed by atoms with Gasteiger partial charge in [-0.3, -0.25) is 14.4 Å². The molecule has 0 radical (unpaired) electrons. The summed E-state index contributed by atoms with van der Waals surface area (Å²) in [6.07, 6.45) is 1.54. The van der Waals surface area contributed by atoms with Gasteiger partial charge < -0.3 is 19.8 Å². The van der Waals surface area contributed by atoms with E-state index in [4.69, 9.17) is 9.15 Å². The van der Waals surface area contributed by atoms with Crippen molar-refractivity contribution in [1.82, 2.24) is 10.6 Å². The fourth-order valence-corrected chi connectivity index (χ4v) is 2.50. The van der Waals surface area contributed by atoms with Crippen LogP contribution in [0.25, 0.3) is 11.0 Å². The second kappa shape index (κ2) is 8.51. The van der Waals surface area contributed by atoms with Gasteiger partial charge >= 0.3 is 5.97 Å². The van der Waals surface area contributed by atoms with E-state index in [-0.39, 0.29) is 12.3 Å². The lowest BCUT2D eigenvalue weighted by molar-refractivity contribution is -0.148. The van der Waals surface area contributed by atoms with Crippen LogP contribution in [-0.2, 0) is 25.5 Å². The highest BCUT2D eigenvalue weighted by atomic mass is 16.5. The zero-order valence-corrected chi connectivity index (χ0v) is 15.5. The lowest BCUT2D eigenvalue weighted by Gasteiger charge is -2.13. The summed E-state index contributed by atoms with van der Waals surface area (Å²) in [5, 5.41) is 5.93. The first-order valence-electron chi connectivity index (χ1n) is 8.51. The molecule has 2 aromatic rings. The third-order valence-corrected chi connectivity index (χ3v) is 4.09. The lowest BCUT2D eigenvalue weighted by Crippen LogP contribution is -2.46. The summed E-state index contributed by atoms with van der Waals surface area (Å²) in [5.41, 5.74) is 3.64. The highest BCUT2D eigenvalue weighted by molar-refractivity contribution is 5.89. The summed E-state index contributed by atoms with van der Waals surface area (Å²) >= 11 is 0. The standard InChI is InChI=1S/C19H24N2O5/c1-5-20-19(24)13(4)21-17(22)10-26-18(23)8-14-9-25-16-7-12(3)11(2)6-15(14)16/h6-7,9,13H,5,8,10H2,1-4H3,(H,20,24)(H,21,22)/t13-/m0/s1. The van der Waals surface area contributed by atoms with Crippen LogP contribution >= 0.6 is 0 Å². The quantitative estimate of drug-likeness (QED) is 0.734. The number of furan rings is 1. The molecule has 2 rings (SSSR count). The van der Waals surface area contributed by atoms with Gasteiger partial charge in [-0.05, 0) is 51.0 Å². The fraction of sp³-hybridized carbons (Fsp3) is 0.421. The number of esters is 1. The predicted octanol–water partition coefficient (Wildman–Crippen LogP) is 1.78. The summed E-state index contributed by atoms with van der Waals surface area (Å²) in [6.45, 7) is 7.38. The second-order valence-electron chi connectivity index (χ2n) is 6.21. The molecule has 1 heterocycles. The van der Waals surface area contributed by atoms with Crippen LogP contribution in [0.15, 0.2) is 22.8 Å². The van der Waals surface area contributed by atoms with Crippen molar-refractivity contribution in [3.8, 4) is 0 Å². The number of amides is 2. The Hall–Kier alpha value is -2.83. The van der Waals surface area contributed by atoms with E-state index in [0.29, 0.717) is 17.7 Å². The van der Waals surface area contributed by atoms with E-state index in [0.717, 1.165) is 16.5 Å².